The fraction of sp³-hybridized carbons (Fsp3) is 0.412. The molecule has 0 amide bonds. The first-order chi connectivity index (χ1) is 11.7. The van der Waals surface area contributed by atoms with E-state index in [2.05, 4.69) is 25.0 Å². The second-order valence-corrected chi connectivity index (χ2v) is 7.27. The van der Waals surface area contributed by atoms with Crippen LogP contribution in [0.4, 0.5) is 0 Å². The summed E-state index contributed by atoms with van der Waals surface area (Å²) in [5, 5.41) is 5.70. The molecule has 124 valence electrons. The first-order valence-electron chi connectivity index (χ1n) is 8.23. The Morgan fingerprint density at radius 3 is 2.79 bits per heavy atom. The zero-order chi connectivity index (χ0) is 16.5. The summed E-state index contributed by atoms with van der Waals surface area (Å²) in [5.41, 5.74) is 1.94. The second kappa shape index (κ2) is 6.41. The predicted octanol–water partition coefficient (Wildman–Crippen LogP) is 3.00. The lowest BCUT2D eigenvalue weighted by atomic mass is 10.3. The highest BCUT2D eigenvalue weighted by atomic mass is 32.1. The normalized spacial score (nSPS) is 15.2. The molecule has 1 aliphatic heterocycles. The van der Waals surface area contributed by atoms with E-state index in [-0.39, 0.29) is 0 Å². The van der Waals surface area contributed by atoms with Crippen LogP contribution in [0.1, 0.15) is 29.4 Å². The summed E-state index contributed by atoms with van der Waals surface area (Å²) in [4.78, 5) is 17.0. The van der Waals surface area contributed by atoms with E-state index >= 15 is 0 Å². The molecule has 1 saturated heterocycles. The van der Waals surface area contributed by atoms with E-state index in [1.807, 2.05) is 36.9 Å². The van der Waals surface area contributed by atoms with Crippen molar-refractivity contribution in [3.63, 3.8) is 0 Å². The van der Waals surface area contributed by atoms with E-state index in [0.717, 1.165) is 39.5 Å². The van der Waals surface area contributed by atoms with Crippen molar-refractivity contribution in [3.8, 4) is 16.4 Å². The summed E-state index contributed by atoms with van der Waals surface area (Å²) in [6.07, 6.45) is 6.32. The Kier molecular flexibility index (Phi) is 4.12. The van der Waals surface area contributed by atoms with Crippen molar-refractivity contribution in [3.05, 3.63) is 41.1 Å². The van der Waals surface area contributed by atoms with Gasteiger partial charge in [-0.3, -0.25) is 9.88 Å². The van der Waals surface area contributed by atoms with Gasteiger partial charge in [-0.1, -0.05) is 0 Å². The maximum atomic E-state index is 4.62. The number of thiazole rings is 1. The lowest BCUT2D eigenvalue weighted by Gasteiger charge is -2.11. The standard InChI is InChI=1S/C17H20N6S/c1-12-9-14(5-6-18-12)23-17(20-13(2)21-23)15-10-19-16(24-15)11-22-7-3-4-8-22/h5-6,9-10H,3-4,7-8,11H2,1-2H3. The minimum atomic E-state index is 0.758. The molecule has 24 heavy (non-hydrogen) atoms. The molecule has 0 N–H and O–H groups in total. The summed E-state index contributed by atoms with van der Waals surface area (Å²) >= 11 is 1.71. The van der Waals surface area contributed by atoms with Gasteiger partial charge in [0.15, 0.2) is 5.82 Å². The van der Waals surface area contributed by atoms with Gasteiger partial charge in [-0.2, -0.15) is 5.10 Å². The zero-order valence-corrected chi connectivity index (χ0v) is 14.8. The molecule has 0 atom stereocenters. The maximum absolute atomic E-state index is 4.62. The van der Waals surface area contributed by atoms with Crippen molar-refractivity contribution in [2.24, 2.45) is 0 Å². The van der Waals surface area contributed by atoms with Crippen molar-refractivity contribution < 1.29 is 0 Å². The highest BCUT2D eigenvalue weighted by Crippen LogP contribution is 2.28. The number of nitrogens with zero attached hydrogens (tertiary/aromatic N) is 6. The summed E-state index contributed by atoms with van der Waals surface area (Å²) < 4.78 is 1.89. The molecular formula is C17H20N6S. The quantitative estimate of drug-likeness (QED) is 0.731. The molecular weight excluding hydrogens is 320 g/mol. The van der Waals surface area contributed by atoms with E-state index in [1.165, 1.54) is 25.9 Å². The van der Waals surface area contributed by atoms with Crippen LogP contribution in [0, 0.1) is 13.8 Å². The molecule has 0 aliphatic carbocycles. The highest BCUT2D eigenvalue weighted by Gasteiger charge is 2.17. The van der Waals surface area contributed by atoms with E-state index in [4.69, 9.17) is 0 Å². The minimum absolute atomic E-state index is 0.758. The van der Waals surface area contributed by atoms with Crippen molar-refractivity contribution in [2.45, 2.75) is 33.2 Å². The predicted molar refractivity (Wildman–Crippen MR) is 94.2 cm³/mol. The molecule has 1 aliphatic rings. The van der Waals surface area contributed by atoms with Gasteiger partial charge >= 0.3 is 0 Å². The van der Waals surface area contributed by atoms with Crippen LogP contribution in [-0.4, -0.2) is 42.7 Å². The number of hydrogen-bond acceptors (Lipinski definition) is 6. The van der Waals surface area contributed by atoms with Crippen molar-refractivity contribution in [1.29, 1.82) is 0 Å². The Morgan fingerprint density at radius 1 is 1.17 bits per heavy atom. The van der Waals surface area contributed by atoms with Crippen LogP contribution >= 0.6 is 11.3 Å². The fourth-order valence-electron chi connectivity index (χ4n) is 3.04. The zero-order valence-electron chi connectivity index (χ0n) is 13.9. The fourth-order valence-corrected chi connectivity index (χ4v) is 3.97. The maximum Gasteiger partial charge on any atom is 0.175 e. The van der Waals surface area contributed by atoms with E-state index < -0.39 is 0 Å². The molecule has 0 spiro atoms. The Balaban J connectivity index is 1.66. The second-order valence-electron chi connectivity index (χ2n) is 6.15. The van der Waals surface area contributed by atoms with Crippen LogP contribution in [-0.2, 0) is 6.54 Å². The molecule has 3 aromatic heterocycles. The number of rotatable bonds is 4. The van der Waals surface area contributed by atoms with Crippen LogP contribution < -0.4 is 0 Å². The third-order valence-electron chi connectivity index (χ3n) is 4.17. The average Bonchev–Trinajstić information content (AvgIpc) is 3.28. The van der Waals surface area contributed by atoms with Crippen molar-refractivity contribution in [1.82, 2.24) is 29.6 Å². The van der Waals surface area contributed by atoms with Crippen molar-refractivity contribution >= 4 is 11.3 Å². The van der Waals surface area contributed by atoms with Crippen LogP contribution in [0.2, 0.25) is 0 Å². The number of pyridine rings is 1. The lowest BCUT2D eigenvalue weighted by molar-refractivity contribution is 0.331. The highest BCUT2D eigenvalue weighted by molar-refractivity contribution is 7.15. The number of likely N-dealkylation sites (tertiary alicyclic amines) is 1. The van der Waals surface area contributed by atoms with Gasteiger partial charge in [0, 0.05) is 18.1 Å². The molecule has 7 heteroatoms. The number of hydrogen-bond donors (Lipinski definition) is 0. The van der Waals surface area contributed by atoms with Crippen LogP contribution in [0.5, 0.6) is 0 Å². The molecule has 4 rings (SSSR count). The number of aromatic nitrogens is 5. The van der Waals surface area contributed by atoms with Crippen LogP contribution in [0.3, 0.4) is 0 Å². The van der Waals surface area contributed by atoms with Gasteiger partial charge in [0.25, 0.3) is 0 Å². The third-order valence-corrected chi connectivity index (χ3v) is 5.15. The van der Waals surface area contributed by atoms with E-state index in [9.17, 15) is 0 Å². The van der Waals surface area contributed by atoms with Crippen LogP contribution in [0.25, 0.3) is 16.4 Å². The summed E-state index contributed by atoms with van der Waals surface area (Å²) in [6.45, 7) is 7.20. The minimum Gasteiger partial charge on any atom is -0.297 e. The smallest absolute Gasteiger partial charge is 0.175 e. The third kappa shape index (κ3) is 3.09. The first-order valence-corrected chi connectivity index (χ1v) is 9.05. The lowest BCUT2D eigenvalue weighted by Crippen LogP contribution is -2.17. The summed E-state index contributed by atoms with van der Waals surface area (Å²) in [7, 11) is 0. The molecule has 0 saturated carbocycles. The van der Waals surface area contributed by atoms with Gasteiger partial charge in [0.05, 0.1) is 17.1 Å². The number of aryl methyl sites for hydroxylation is 2. The van der Waals surface area contributed by atoms with Crippen LogP contribution in [0.15, 0.2) is 24.5 Å². The molecule has 0 aromatic carbocycles. The monoisotopic (exact) mass is 340 g/mol. The average molecular weight is 340 g/mol. The van der Waals surface area contributed by atoms with Gasteiger partial charge in [0.2, 0.25) is 0 Å². The molecule has 4 heterocycles. The molecule has 0 radical (unpaired) electrons. The molecule has 6 nitrogen and oxygen atoms in total. The van der Waals surface area contributed by atoms with Gasteiger partial charge in [-0.25, -0.2) is 14.6 Å². The Hall–Kier alpha value is -2.12. The van der Waals surface area contributed by atoms with E-state index in [1.54, 1.807) is 17.5 Å². The molecule has 0 bridgehead atoms. The Labute approximate surface area is 145 Å². The van der Waals surface area contributed by atoms with E-state index in [0.29, 0.717) is 0 Å². The summed E-state index contributed by atoms with van der Waals surface area (Å²) in [6, 6.07) is 3.97. The molecule has 0 unspecified atom stereocenters. The molecule has 3 aromatic rings. The summed E-state index contributed by atoms with van der Waals surface area (Å²) in [5.74, 6) is 1.61. The Morgan fingerprint density at radius 2 is 2.00 bits per heavy atom. The Bertz CT molecular complexity index is 846. The van der Waals surface area contributed by atoms with Gasteiger partial charge in [0.1, 0.15) is 10.8 Å². The topological polar surface area (TPSA) is 59.7 Å². The largest absolute Gasteiger partial charge is 0.297 e. The molecule has 1 fully saturated rings. The SMILES string of the molecule is Cc1cc(-n2nc(C)nc2-c2cnc(CN3CCCC3)s2)ccn1. The van der Waals surface area contributed by atoms with Crippen molar-refractivity contribution in [2.75, 3.05) is 13.1 Å². The van der Waals surface area contributed by atoms with Gasteiger partial charge in [-0.15, -0.1) is 11.3 Å². The first kappa shape index (κ1) is 15.4. The van der Waals surface area contributed by atoms with Gasteiger partial charge < -0.3 is 0 Å². The van der Waals surface area contributed by atoms with Gasteiger partial charge in [-0.05, 0) is 51.9 Å².